The first-order chi connectivity index (χ1) is 13.1. The third kappa shape index (κ3) is 2.74. The second-order valence-electron chi connectivity index (χ2n) is 7.99. The van der Waals surface area contributed by atoms with Crippen LogP contribution in [0, 0.1) is 12.3 Å². The molecule has 1 unspecified atom stereocenters. The maximum atomic E-state index is 6.34. The van der Waals surface area contributed by atoms with Crippen LogP contribution in [-0.2, 0) is 6.54 Å². The number of pyridine rings is 1. The van der Waals surface area contributed by atoms with Crippen LogP contribution < -0.4 is 10.6 Å². The van der Waals surface area contributed by atoms with Crippen molar-refractivity contribution in [1.82, 2.24) is 15.0 Å². The maximum absolute atomic E-state index is 6.34. The summed E-state index contributed by atoms with van der Waals surface area (Å²) in [6.07, 6.45) is 8.31. The molecule has 7 heteroatoms. The maximum Gasteiger partial charge on any atom is 0.147 e. The van der Waals surface area contributed by atoms with Gasteiger partial charge in [-0.25, -0.2) is 9.97 Å². The number of piperidine rings is 1. The highest BCUT2D eigenvalue weighted by atomic mass is 35.5. The van der Waals surface area contributed by atoms with Crippen LogP contribution in [0.4, 0.5) is 5.82 Å². The topological polar surface area (TPSA) is 80.3 Å². The summed E-state index contributed by atoms with van der Waals surface area (Å²) < 4.78 is 0. The van der Waals surface area contributed by atoms with E-state index in [0.29, 0.717) is 23.0 Å². The number of aromatic nitrogens is 3. The number of halogens is 1. The van der Waals surface area contributed by atoms with E-state index in [4.69, 9.17) is 27.3 Å². The monoisotopic (exact) mass is 382 g/mol. The molecule has 1 saturated carbocycles. The third-order valence-electron chi connectivity index (χ3n) is 6.51. The van der Waals surface area contributed by atoms with E-state index in [1.165, 1.54) is 12.8 Å². The van der Waals surface area contributed by atoms with Gasteiger partial charge in [0.1, 0.15) is 11.5 Å². The molecular formula is C20H23ClN6. The molecule has 5 rings (SSSR count). The third-order valence-corrected chi connectivity index (χ3v) is 6.81. The summed E-state index contributed by atoms with van der Waals surface area (Å²) in [5.74, 6) is 0.949. The van der Waals surface area contributed by atoms with Gasteiger partial charge in [0.2, 0.25) is 0 Å². The van der Waals surface area contributed by atoms with Crippen molar-refractivity contribution in [3.63, 3.8) is 0 Å². The van der Waals surface area contributed by atoms with E-state index in [1.807, 2.05) is 19.2 Å². The van der Waals surface area contributed by atoms with Crippen LogP contribution in [-0.4, -0.2) is 39.8 Å². The molecule has 0 aromatic carbocycles. The fraction of sp³-hybridized carbons (Fsp3) is 0.500. The fourth-order valence-corrected chi connectivity index (χ4v) is 4.76. The van der Waals surface area contributed by atoms with Gasteiger partial charge in [-0.3, -0.25) is 9.98 Å². The summed E-state index contributed by atoms with van der Waals surface area (Å²) in [6, 6.07) is 2.34. The molecule has 1 saturated heterocycles. The van der Waals surface area contributed by atoms with Gasteiger partial charge in [-0.1, -0.05) is 11.6 Å². The molecule has 6 nitrogen and oxygen atoms in total. The molecule has 0 radical (unpaired) electrons. The fourth-order valence-electron chi connectivity index (χ4n) is 4.56. The number of anilines is 1. The van der Waals surface area contributed by atoms with Crippen molar-refractivity contribution in [2.45, 2.75) is 45.2 Å². The Balaban J connectivity index is 1.37. The van der Waals surface area contributed by atoms with Gasteiger partial charge in [-0.15, -0.1) is 0 Å². The average molecular weight is 383 g/mol. The highest BCUT2D eigenvalue weighted by molar-refractivity contribution is 6.35. The minimum Gasteiger partial charge on any atom is -0.355 e. The zero-order chi connectivity index (χ0) is 18.6. The number of hydrogen-bond donors (Lipinski definition) is 1. The quantitative estimate of drug-likeness (QED) is 0.863. The van der Waals surface area contributed by atoms with E-state index in [9.17, 15) is 0 Å². The molecule has 4 heterocycles. The first-order valence-corrected chi connectivity index (χ1v) is 9.97. The zero-order valence-corrected chi connectivity index (χ0v) is 16.2. The Labute approximate surface area is 163 Å². The highest BCUT2D eigenvalue weighted by Crippen LogP contribution is 2.48. The number of aryl methyl sites for hydroxylation is 1. The standard InChI is InChI=1S/C20H23ClN6/c1-12-8-13(14(21)9-23-12)18-19-15(10-24-18)26-17(11-25-19)27-6-4-20(5-7-27)3-2-16(20)22/h8-9,11,16H,2-7,10,22H2,1H3. The van der Waals surface area contributed by atoms with Crippen LogP contribution in [0.3, 0.4) is 0 Å². The average Bonchev–Trinajstić information content (AvgIpc) is 3.11. The molecule has 140 valence electrons. The molecule has 1 spiro atoms. The van der Waals surface area contributed by atoms with Crippen molar-refractivity contribution in [1.29, 1.82) is 0 Å². The summed E-state index contributed by atoms with van der Waals surface area (Å²) in [7, 11) is 0. The lowest BCUT2D eigenvalue weighted by Crippen LogP contribution is -2.56. The van der Waals surface area contributed by atoms with Crippen LogP contribution in [0.5, 0.6) is 0 Å². The Hall–Kier alpha value is -2.05. The Morgan fingerprint density at radius 2 is 2.00 bits per heavy atom. The van der Waals surface area contributed by atoms with E-state index < -0.39 is 0 Å². The summed E-state index contributed by atoms with van der Waals surface area (Å²) in [6.45, 7) is 4.50. The van der Waals surface area contributed by atoms with Gasteiger partial charge in [0.05, 0.1) is 29.2 Å². The first-order valence-electron chi connectivity index (χ1n) is 9.59. The second kappa shape index (κ2) is 6.24. The van der Waals surface area contributed by atoms with Crippen molar-refractivity contribution in [3.05, 3.63) is 46.1 Å². The van der Waals surface area contributed by atoms with Gasteiger partial charge in [0.15, 0.2) is 0 Å². The van der Waals surface area contributed by atoms with Gasteiger partial charge in [0.25, 0.3) is 0 Å². The lowest BCUT2D eigenvalue weighted by Gasteiger charge is -2.52. The Bertz CT molecular complexity index is 932. The van der Waals surface area contributed by atoms with Gasteiger partial charge >= 0.3 is 0 Å². The molecular weight excluding hydrogens is 360 g/mol. The number of nitrogens with zero attached hydrogens (tertiary/aromatic N) is 5. The first kappa shape index (κ1) is 17.1. The van der Waals surface area contributed by atoms with Crippen LogP contribution in [0.15, 0.2) is 23.5 Å². The van der Waals surface area contributed by atoms with Gasteiger partial charge in [-0.05, 0) is 44.1 Å². The Morgan fingerprint density at radius 1 is 1.19 bits per heavy atom. The van der Waals surface area contributed by atoms with Gasteiger partial charge < -0.3 is 10.6 Å². The van der Waals surface area contributed by atoms with Crippen molar-refractivity contribution in [3.8, 4) is 0 Å². The summed E-state index contributed by atoms with van der Waals surface area (Å²) >= 11 is 6.34. The Kier molecular flexibility index (Phi) is 3.95. The summed E-state index contributed by atoms with van der Waals surface area (Å²) in [5, 5.41) is 0.594. The lowest BCUT2D eigenvalue weighted by atomic mass is 9.60. The molecule has 2 aliphatic heterocycles. The number of rotatable bonds is 2. The zero-order valence-electron chi connectivity index (χ0n) is 15.5. The van der Waals surface area contributed by atoms with Crippen LogP contribution in [0.25, 0.3) is 0 Å². The predicted octanol–water partition coefficient (Wildman–Crippen LogP) is 2.89. The molecule has 27 heavy (non-hydrogen) atoms. The van der Waals surface area contributed by atoms with Crippen LogP contribution >= 0.6 is 11.6 Å². The molecule has 1 aliphatic carbocycles. The normalized spacial score (nSPS) is 23.1. The van der Waals surface area contributed by atoms with Crippen molar-refractivity contribution in [2.24, 2.45) is 16.1 Å². The summed E-state index contributed by atoms with van der Waals surface area (Å²) in [5.41, 5.74) is 11.0. The van der Waals surface area contributed by atoms with Gasteiger partial charge in [-0.2, -0.15) is 0 Å². The van der Waals surface area contributed by atoms with E-state index in [1.54, 1.807) is 6.20 Å². The van der Waals surface area contributed by atoms with Crippen molar-refractivity contribution >= 4 is 23.1 Å². The van der Waals surface area contributed by atoms with Gasteiger partial charge in [0, 0.05) is 36.6 Å². The number of nitrogens with two attached hydrogens (primary N) is 1. The summed E-state index contributed by atoms with van der Waals surface area (Å²) in [4.78, 5) is 20.8. The van der Waals surface area contributed by atoms with E-state index in [-0.39, 0.29) is 0 Å². The van der Waals surface area contributed by atoms with Crippen LogP contribution in [0.1, 0.15) is 48.3 Å². The molecule has 2 N–H and O–H groups in total. The predicted molar refractivity (Wildman–Crippen MR) is 106 cm³/mol. The number of hydrogen-bond acceptors (Lipinski definition) is 6. The van der Waals surface area contributed by atoms with E-state index >= 15 is 0 Å². The van der Waals surface area contributed by atoms with E-state index in [2.05, 4.69) is 14.9 Å². The number of fused-ring (bicyclic) bond motifs is 1. The second-order valence-corrected chi connectivity index (χ2v) is 8.40. The van der Waals surface area contributed by atoms with Crippen molar-refractivity contribution < 1.29 is 0 Å². The lowest BCUT2D eigenvalue weighted by molar-refractivity contribution is 0.0610. The number of aliphatic imine (C=N–C) groups is 1. The molecule has 2 aromatic heterocycles. The minimum absolute atomic E-state index is 0.382. The molecule has 2 fully saturated rings. The van der Waals surface area contributed by atoms with E-state index in [0.717, 1.165) is 60.1 Å². The molecule has 2 aromatic rings. The minimum atomic E-state index is 0.382. The molecule has 0 bridgehead atoms. The SMILES string of the molecule is Cc1cc(C2=NCc3nc(N4CCC5(CCC5N)CC4)cnc32)c(Cl)cn1. The molecule has 1 atom stereocenters. The van der Waals surface area contributed by atoms with Crippen molar-refractivity contribution in [2.75, 3.05) is 18.0 Å². The smallest absolute Gasteiger partial charge is 0.147 e. The highest BCUT2D eigenvalue weighted by Gasteiger charge is 2.46. The largest absolute Gasteiger partial charge is 0.355 e. The molecule has 0 amide bonds. The van der Waals surface area contributed by atoms with Crippen LogP contribution in [0.2, 0.25) is 5.02 Å². The Morgan fingerprint density at radius 3 is 2.70 bits per heavy atom. The molecule has 3 aliphatic rings.